The average molecular weight is 234 g/mol. The van der Waals surface area contributed by atoms with Gasteiger partial charge in [-0.2, -0.15) is 0 Å². The van der Waals surface area contributed by atoms with Gasteiger partial charge in [-0.05, 0) is 37.3 Å². The summed E-state index contributed by atoms with van der Waals surface area (Å²) in [6, 6.07) is 8.00. The van der Waals surface area contributed by atoms with Crippen molar-refractivity contribution in [3.8, 4) is 0 Å². The minimum Gasteiger partial charge on any atom is -0.481 e. The molecular formula is C14H18O3. The normalized spacial score (nSPS) is 16.8. The molecule has 1 aliphatic carbocycles. The number of ether oxygens (including phenoxy) is 1. The van der Waals surface area contributed by atoms with Gasteiger partial charge in [0.2, 0.25) is 0 Å². The van der Waals surface area contributed by atoms with Crippen molar-refractivity contribution in [3.63, 3.8) is 0 Å². The second-order valence-electron chi connectivity index (χ2n) is 4.65. The summed E-state index contributed by atoms with van der Waals surface area (Å²) in [7, 11) is 0. The molecule has 3 nitrogen and oxygen atoms in total. The fourth-order valence-electron chi connectivity index (χ4n) is 2.54. The summed E-state index contributed by atoms with van der Waals surface area (Å²) in [6.45, 7) is 3.09. The SMILES string of the molecule is CCOCCC1(C(=O)O)Cc2ccccc2C1. The zero-order chi connectivity index (χ0) is 12.3. The lowest BCUT2D eigenvalue weighted by Crippen LogP contribution is -2.33. The molecule has 2 rings (SSSR count). The molecular weight excluding hydrogens is 216 g/mol. The van der Waals surface area contributed by atoms with Crippen molar-refractivity contribution in [2.75, 3.05) is 13.2 Å². The summed E-state index contributed by atoms with van der Waals surface area (Å²) in [5.74, 6) is -0.701. The zero-order valence-corrected chi connectivity index (χ0v) is 10.1. The Balaban J connectivity index is 2.14. The predicted molar refractivity (Wildman–Crippen MR) is 65.0 cm³/mol. The fraction of sp³-hybridized carbons (Fsp3) is 0.500. The average Bonchev–Trinajstić information content (AvgIpc) is 2.69. The van der Waals surface area contributed by atoms with Gasteiger partial charge in [-0.15, -0.1) is 0 Å². The summed E-state index contributed by atoms with van der Waals surface area (Å²) < 4.78 is 5.31. The third kappa shape index (κ3) is 2.34. The van der Waals surface area contributed by atoms with Gasteiger partial charge < -0.3 is 9.84 Å². The number of hydrogen-bond donors (Lipinski definition) is 1. The van der Waals surface area contributed by atoms with Crippen LogP contribution >= 0.6 is 0 Å². The Labute approximate surface area is 101 Å². The van der Waals surface area contributed by atoms with Crippen LogP contribution in [0, 0.1) is 5.41 Å². The van der Waals surface area contributed by atoms with E-state index in [4.69, 9.17) is 4.74 Å². The van der Waals surface area contributed by atoms with Crippen LogP contribution in [0.15, 0.2) is 24.3 Å². The van der Waals surface area contributed by atoms with Crippen LogP contribution in [-0.4, -0.2) is 24.3 Å². The van der Waals surface area contributed by atoms with Crippen LogP contribution in [0.4, 0.5) is 0 Å². The van der Waals surface area contributed by atoms with E-state index in [-0.39, 0.29) is 0 Å². The summed E-state index contributed by atoms with van der Waals surface area (Å²) in [5, 5.41) is 9.48. The van der Waals surface area contributed by atoms with E-state index in [2.05, 4.69) is 0 Å². The predicted octanol–water partition coefficient (Wildman–Crippen LogP) is 2.28. The lowest BCUT2D eigenvalue weighted by molar-refractivity contribution is -0.149. The Morgan fingerprint density at radius 2 is 1.94 bits per heavy atom. The molecule has 0 atom stereocenters. The maximum atomic E-state index is 11.5. The zero-order valence-electron chi connectivity index (χ0n) is 10.1. The van der Waals surface area contributed by atoms with Gasteiger partial charge in [-0.25, -0.2) is 0 Å². The summed E-state index contributed by atoms with van der Waals surface area (Å²) in [4.78, 5) is 11.5. The molecule has 1 aromatic carbocycles. The Hall–Kier alpha value is -1.35. The molecule has 0 spiro atoms. The number of rotatable bonds is 5. The first-order valence-electron chi connectivity index (χ1n) is 6.06. The maximum Gasteiger partial charge on any atom is 0.310 e. The smallest absolute Gasteiger partial charge is 0.310 e. The monoisotopic (exact) mass is 234 g/mol. The van der Waals surface area contributed by atoms with Crippen LogP contribution in [0.5, 0.6) is 0 Å². The molecule has 3 heteroatoms. The molecule has 17 heavy (non-hydrogen) atoms. The second-order valence-corrected chi connectivity index (χ2v) is 4.65. The first kappa shape index (κ1) is 12.1. The number of aliphatic carboxylic acids is 1. The molecule has 0 bridgehead atoms. The molecule has 0 saturated heterocycles. The van der Waals surface area contributed by atoms with Gasteiger partial charge in [0.1, 0.15) is 0 Å². The van der Waals surface area contributed by atoms with Gasteiger partial charge >= 0.3 is 5.97 Å². The number of fused-ring (bicyclic) bond motifs is 1. The number of hydrogen-bond acceptors (Lipinski definition) is 2. The molecule has 0 aliphatic heterocycles. The number of carboxylic acids is 1. The first-order valence-corrected chi connectivity index (χ1v) is 6.06. The number of benzene rings is 1. The van der Waals surface area contributed by atoms with Gasteiger partial charge in [0, 0.05) is 13.2 Å². The summed E-state index contributed by atoms with van der Waals surface area (Å²) in [5.41, 5.74) is 1.69. The van der Waals surface area contributed by atoms with E-state index in [9.17, 15) is 9.90 Å². The van der Waals surface area contributed by atoms with E-state index >= 15 is 0 Å². The molecule has 1 N–H and O–H groups in total. The Morgan fingerprint density at radius 1 is 1.35 bits per heavy atom. The second kappa shape index (κ2) is 4.88. The van der Waals surface area contributed by atoms with Crippen molar-refractivity contribution in [2.24, 2.45) is 5.41 Å². The van der Waals surface area contributed by atoms with Crippen LogP contribution in [-0.2, 0) is 22.4 Å². The van der Waals surface area contributed by atoms with E-state index in [0.717, 1.165) is 0 Å². The van der Waals surface area contributed by atoms with E-state index in [1.807, 2.05) is 31.2 Å². The van der Waals surface area contributed by atoms with E-state index in [1.165, 1.54) is 11.1 Å². The van der Waals surface area contributed by atoms with Crippen LogP contribution in [0.1, 0.15) is 24.5 Å². The first-order chi connectivity index (χ1) is 8.18. The highest BCUT2D eigenvalue weighted by Crippen LogP contribution is 2.39. The summed E-state index contributed by atoms with van der Waals surface area (Å²) >= 11 is 0. The van der Waals surface area contributed by atoms with Crippen LogP contribution < -0.4 is 0 Å². The lowest BCUT2D eigenvalue weighted by Gasteiger charge is -2.23. The molecule has 1 aromatic rings. The van der Waals surface area contributed by atoms with Crippen molar-refractivity contribution in [2.45, 2.75) is 26.2 Å². The third-order valence-corrected chi connectivity index (χ3v) is 3.56. The molecule has 0 saturated carbocycles. The molecule has 0 aromatic heterocycles. The van der Waals surface area contributed by atoms with E-state index in [0.29, 0.717) is 32.5 Å². The minimum absolute atomic E-state index is 0.525. The van der Waals surface area contributed by atoms with Crippen molar-refractivity contribution in [3.05, 3.63) is 35.4 Å². The number of carbonyl (C=O) groups is 1. The van der Waals surface area contributed by atoms with Crippen molar-refractivity contribution in [1.29, 1.82) is 0 Å². The number of carboxylic acid groups (broad SMARTS) is 1. The highest BCUT2D eigenvalue weighted by molar-refractivity contribution is 5.77. The van der Waals surface area contributed by atoms with Crippen molar-refractivity contribution < 1.29 is 14.6 Å². The highest BCUT2D eigenvalue weighted by Gasteiger charge is 2.43. The Morgan fingerprint density at radius 3 is 2.41 bits per heavy atom. The molecule has 1 aliphatic rings. The summed E-state index contributed by atoms with van der Waals surface area (Å²) in [6.07, 6.45) is 1.85. The molecule has 92 valence electrons. The highest BCUT2D eigenvalue weighted by atomic mass is 16.5. The molecule has 0 amide bonds. The van der Waals surface area contributed by atoms with Gasteiger partial charge in [0.05, 0.1) is 5.41 Å². The largest absolute Gasteiger partial charge is 0.481 e. The van der Waals surface area contributed by atoms with Gasteiger partial charge in [-0.3, -0.25) is 4.79 Å². The molecule has 0 fully saturated rings. The Bertz CT molecular complexity index is 387. The van der Waals surface area contributed by atoms with Crippen LogP contribution in [0.2, 0.25) is 0 Å². The van der Waals surface area contributed by atoms with E-state index in [1.54, 1.807) is 0 Å². The van der Waals surface area contributed by atoms with Crippen LogP contribution in [0.3, 0.4) is 0 Å². The minimum atomic E-state index is -0.701. The lowest BCUT2D eigenvalue weighted by atomic mass is 9.82. The molecule has 0 heterocycles. The van der Waals surface area contributed by atoms with Gasteiger partial charge in [-0.1, -0.05) is 24.3 Å². The Kier molecular flexibility index (Phi) is 3.48. The quantitative estimate of drug-likeness (QED) is 0.795. The third-order valence-electron chi connectivity index (χ3n) is 3.56. The molecule has 0 unspecified atom stereocenters. The van der Waals surface area contributed by atoms with Gasteiger partial charge in [0.15, 0.2) is 0 Å². The molecule has 0 radical (unpaired) electrons. The fourth-order valence-corrected chi connectivity index (χ4v) is 2.54. The van der Waals surface area contributed by atoms with Gasteiger partial charge in [0.25, 0.3) is 0 Å². The van der Waals surface area contributed by atoms with Crippen LogP contribution in [0.25, 0.3) is 0 Å². The van der Waals surface area contributed by atoms with Crippen molar-refractivity contribution in [1.82, 2.24) is 0 Å². The standard InChI is InChI=1S/C14H18O3/c1-2-17-8-7-14(13(15)16)9-11-5-3-4-6-12(11)10-14/h3-6H,2,7-10H2,1H3,(H,15,16). The van der Waals surface area contributed by atoms with E-state index < -0.39 is 11.4 Å². The maximum absolute atomic E-state index is 11.5. The van der Waals surface area contributed by atoms with Crippen molar-refractivity contribution >= 4 is 5.97 Å². The topological polar surface area (TPSA) is 46.5 Å².